The van der Waals surface area contributed by atoms with Crippen molar-refractivity contribution in [2.75, 3.05) is 0 Å². The second-order valence-corrected chi connectivity index (χ2v) is 4.66. The fourth-order valence-electron chi connectivity index (χ4n) is 2.06. The van der Waals surface area contributed by atoms with Gasteiger partial charge in [-0.2, -0.15) is 0 Å². The molecule has 2 rings (SSSR count). The molecule has 2 nitrogen and oxygen atoms in total. The lowest BCUT2D eigenvalue weighted by Gasteiger charge is -2.20. The van der Waals surface area contributed by atoms with Crippen molar-refractivity contribution in [1.82, 2.24) is 0 Å². The molecule has 0 radical (unpaired) electrons. The van der Waals surface area contributed by atoms with E-state index < -0.39 is 41.0 Å². The molecule has 112 valence electrons. The van der Waals surface area contributed by atoms with E-state index in [0.717, 1.165) is 0 Å². The van der Waals surface area contributed by atoms with E-state index in [1.165, 1.54) is 0 Å². The average Bonchev–Trinajstić information content (AvgIpc) is 2.46. The molecule has 2 atom stereocenters. The van der Waals surface area contributed by atoms with Crippen molar-refractivity contribution in [2.45, 2.75) is 18.6 Å². The lowest BCUT2D eigenvalue weighted by atomic mass is 9.95. The highest BCUT2D eigenvalue weighted by molar-refractivity contribution is 5.27. The Labute approximate surface area is 118 Å². The smallest absolute Gasteiger partial charge is 0.166 e. The van der Waals surface area contributed by atoms with Gasteiger partial charge in [0.2, 0.25) is 0 Å². The van der Waals surface area contributed by atoms with Crippen LogP contribution in [0.4, 0.5) is 17.6 Å². The Bertz CT molecular complexity index is 607. The van der Waals surface area contributed by atoms with Crippen LogP contribution >= 0.6 is 0 Å². The van der Waals surface area contributed by atoms with Crippen LogP contribution in [0.25, 0.3) is 0 Å². The molecule has 2 aromatic carbocycles. The molecular formula is C15H13F4NO. The molecule has 3 N–H and O–H groups in total. The summed E-state index contributed by atoms with van der Waals surface area (Å²) in [5.74, 6) is -6.28. The van der Waals surface area contributed by atoms with Gasteiger partial charge in [0.15, 0.2) is 23.3 Å². The van der Waals surface area contributed by atoms with Crippen molar-refractivity contribution in [3.8, 4) is 0 Å². The standard InChI is InChI=1S/C15H13F4NO/c16-9-7-10(17)14(19)12(13(9)18)15(20)11(21)6-8-4-2-1-3-5-8/h1-5,7,11,15,21H,6,20H2/t11-,15-/m0/s1. The fraction of sp³-hybridized carbons (Fsp3) is 0.200. The molecule has 0 aliphatic carbocycles. The van der Waals surface area contributed by atoms with Gasteiger partial charge in [0.1, 0.15) is 0 Å². The molecule has 0 spiro atoms. The van der Waals surface area contributed by atoms with Gasteiger partial charge in [-0.25, -0.2) is 17.6 Å². The Hall–Kier alpha value is -1.92. The van der Waals surface area contributed by atoms with Crippen LogP contribution in [0.3, 0.4) is 0 Å². The highest BCUT2D eigenvalue weighted by Crippen LogP contribution is 2.27. The number of aliphatic hydroxyl groups excluding tert-OH is 1. The SMILES string of the molecule is N[C@H](c1c(F)c(F)cc(F)c1F)[C@@H](O)Cc1ccccc1. The number of hydrogen-bond donors (Lipinski definition) is 2. The molecule has 6 heteroatoms. The van der Waals surface area contributed by atoms with E-state index in [9.17, 15) is 22.7 Å². The molecule has 0 unspecified atom stereocenters. The van der Waals surface area contributed by atoms with Crippen LogP contribution in [0.5, 0.6) is 0 Å². The quantitative estimate of drug-likeness (QED) is 0.673. The van der Waals surface area contributed by atoms with Crippen molar-refractivity contribution in [2.24, 2.45) is 5.73 Å². The first-order chi connectivity index (χ1) is 9.91. The summed E-state index contributed by atoms with van der Waals surface area (Å²) < 4.78 is 53.5. The number of rotatable bonds is 4. The number of aliphatic hydroxyl groups is 1. The van der Waals surface area contributed by atoms with Gasteiger partial charge in [-0.3, -0.25) is 0 Å². The lowest BCUT2D eigenvalue weighted by Crippen LogP contribution is -2.30. The molecular weight excluding hydrogens is 286 g/mol. The fourth-order valence-corrected chi connectivity index (χ4v) is 2.06. The maximum Gasteiger partial charge on any atom is 0.166 e. The molecule has 21 heavy (non-hydrogen) atoms. The van der Waals surface area contributed by atoms with E-state index in [0.29, 0.717) is 5.56 Å². The van der Waals surface area contributed by atoms with E-state index in [1.807, 2.05) is 0 Å². The van der Waals surface area contributed by atoms with Crippen molar-refractivity contribution >= 4 is 0 Å². The Balaban J connectivity index is 2.29. The Morgan fingerprint density at radius 2 is 1.48 bits per heavy atom. The first-order valence-corrected chi connectivity index (χ1v) is 6.22. The van der Waals surface area contributed by atoms with Crippen LogP contribution in [-0.4, -0.2) is 11.2 Å². The highest BCUT2D eigenvalue weighted by atomic mass is 19.2. The normalized spacial score (nSPS) is 14.0. The summed E-state index contributed by atoms with van der Waals surface area (Å²) >= 11 is 0. The Morgan fingerprint density at radius 3 is 2.00 bits per heavy atom. The largest absolute Gasteiger partial charge is 0.391 e. The van der Waals surface area contributed by atoms with Crippen LogP contribution in [-0.2, 0) is 6.42 Å². The van der Waals surface area contributed by atoms with Crippen molar-refractivity contribution < 1.29 is 22.7 Å². The van der Waals surface area contributed by atoms with Crippen molar-refractivity contribution in [1.29, 1.82) is 0 Å². The summed E-state index contributed by atoms with van der Waals surface area (Å²) in [5.41, 5.74) is 5.25. The van der Waals surface area contributed by atoms with Crippen molar-refractivity contribution in [3.63, 3.8) is 0 Å². The summed E-state index contributed by atoms with van der Waals surface area (Å²) in [6, 6.07) is 7.09. The maximum atomic E-state index is 13.6. The number of benzene rings is 2. The third-order valence-corrected chi connectivity index (χ3v) is 3.18. The molecule has 0 amide bonds. The van der Waals surface area contributed by atoms with E-state index >= 15 is 0 Å². The van der Waals surface area contributed by atoms with Crippen LogP contribution in [0.15, 0.2) is 36.4 Å². The van der Waals surface area contributed by atoms with E-state index in [1.54, 1.807) is 30.3 Å². The van der Waals surface area contributed by atoms with E-state index in [2.05, 4.69) is 0 Å². The van der Waals surface area contributed by atoms with Gasteiger partial charge in [-0.1, -0.05) is 30.3 Å². The minimum absolute atomic E-state index is 0.000973. The van der Waals surface area contributed by atoms with Crippen LogP contribution in [0.2, 0.25) is 0 Å². The minimum atomic E-state index is -1.59. The van der Waals surface area contributed by atoms with Gasteiger partial charge in [-0.15, -0.1) is 0 Å². The van der Waals surface area contributed by atoms with Gasteiger partial charge in [0.05, 0.1) is 12.1 Å². The van der Waals surface area contributed by atoms with Gasteiger partial charge in [0.25, 0.3) is 0 Å². The van der Waals surface area contributed by atoms with Gasteiger partial charge >= 0.3 is 0 Å². The zero-order chi connectivity index (χ0) is 15.6. The molecule has 0 heterocycles. The van der Waals surface area contributed by atoms with Crippen LogP contribution in [0.1, 0.15) is 17.2 Å². The topological polar surface area (TPSA) is 46.2 Å². The molecule has 2 aromatic rings. The molecule has 0 saturated carbocycles. The number of halogens is 4. The lowest BCUT2D eigenvalue weighted by molar-refractivity contribution is 0.140. The highest BCUT2D eigenvalue weighted by Gasteiger charge is 2.28. The predicted octanol–water partition coefficient (Wildman–Crippen LogP) is 2.85. The molecule has 0 aliphatic rings. The average molecular weight is 299 g/mol. The summed E-state index contributed by atoms with van der Waals surface area (Å²) in [4.78, 5) is 0. The molecule has 0 saturated heterocycles. The summed E-state index contributed by atoms with van der Waals surface area (Å²) in [5, 5.41) is 9.95. The Morgan fingerprint density at radius 1 is 0.952 bits per heavy atom. The van der Waals surface area contributed by atoms with E-state index in [4.69, 9.17) is 5.73 Å². The molecule has 0 fully saturated rings. The van der Waals surface area contributed by atoms with Gasteiger partial charge in [0, 0.05) is 18.1 Å². The number of hydrogen-bond acceptors (Lipinski definition) is 2. The van der Waals surface area contributed by atoms with Gasteiger partial charge in [-0.05, 0) is 5.56 Å². The zero-order valence-electron chi connectivity index (χ0n) is 10.9. The summed E-state index contributed by atoms with van der Waals surface area (Å²) in [6.45, 7) is 0. The first kappa shape index (κ1) is 15.5. The molecule has 0 aromatic heterocycles. The van der Waals surface area contributed by atoms with Gasteiger partial charge < -0.3 is 10.8 Å². The second kappa shape index (κ2) is 6.24. The van der Waals surface area contributed by atoms with Crippen LogP contribution < -0.4 is 5.73 Å². The monoisotopic (exact) mass is 299 g/mol. The molecule has 0 aliphatic heterocycles. The van der Waals surface area contributed by atoms with Crippen molar-refractivity contribution in [3.05, 3.63) is 70.8 Å². The minimum Gasteiger partial charge on any atom is -0.391 e. The second-order valence-electron chi connectivity index (χ2n) is 4.66. The predicted molar refractivity (Wildman–Crippen MR) is 69.4 cm³/mol. The summed E-state index contributed by atoms with van der Waals surface area (Å²) in [7, 11) is 0. The Kier molecular flexibility index (Phi) is 4.59. The first-order valence-electron chi connectivity index (χ1n) is 6.22. The maximum absolute atomic E-state index is 13.6. The van der Waals surface area contributed by atoms with E-state index in [-0.39, 0.29) is 12.5 Å². The number of nitrogens with two attached hydrogens (primary N) is 1. The zero-order valence-corrected chi connectivity index (χ0v) is 10.9. The molecule has 0 bridgehead atoms. The third-order valence-electron chi connectivity index (χ3n) is 3.18. The summed E-state index contributed by atoms with van der Waals surface area (Å²) in [6.07, 6.45) is -1.39. The van der Waals surface area contributed by atoms with Crippen LogP contribution in [0, 0.1) is 23.3 Å². The third kappa shape index (κ3) is 3.22.